The molecule has 4 nitrogen and oxygen atoms in total. The average molecular weight is 252 g/mol. The number of hydrogen-bond acceptors (Lipinski definition) is 3. The maximum Gasteiger partial charge on any atom is 0.586 e. The second-order valence-corrected chi connectivity index (χ2v) is 3.90. The Kier molecular flexibility index (Phi) is 2.36. The smallest absolute Gasteiger partial charge is 0.395 e. The molecule has 0 fully saturated rings. The van der Waals surface area contributed by atoms with Crippen LogP contribution in [-0.2, 0) is 6.54 Å². The van der Waals surface area contributed by atoms with E-state index in [4.69, 9.17) is 0 Å². The summed E-state index contributed by atoms with van der Waals surface area (Å²) in [5.74, 6) is 0.0891. The molecule has 0 aliphatic carbocycles. The van der Waals surface area contributed by atoms with Crippen molar-refractivity contribution in [3.8, 4) is 11.5 Å². The molecule has 3 rings (SSSR count). The largest absolute Gasteiger partial charge is 0.586 e. The van der Waals surface area contributed by atoms with Crippen molar-refractivity contribution in [2.75, 3.05) is 5.32 Å². The number of alkyl halides is 2. The van der Waals surface area contributed by atoms with Crippen LogP contribution in [0.4, 0.5) is 14.5 Å². The van der Waals surface area contributed by atoms with Crippen LogP contribution in [0.3, 0.4) is 0 Å². The predicted molar refractivity (Wildman–Crippen MR) is 60.8 cm³/mol. The number of ether oxygens (including phenoxy) is 2. The van der Waals surface area contributed by atoms with Gasteiger partial charge in [-0.1, -0.05) is 0 Å². The van der Waals surface area contributed by atoms with Crippen LogP contribution in [0.2, 0.25) is 0 Å². The Hall–Kier alpha value is -2.24. The lowest BCUT2D eigenvalue weighted by molar-refractivity contribution is -0.286. The molecule has 1 aliphatic heterocycles. The minimum absolute atomic E-state index is 0.0408. The summed E-state index contributed by atoms with van der Waals surface area (Å²) in [6.45, 7) is 0.597. The number of anilines is 1. The van der Waals surface area contributed by atoms with Gasteiger partial charge < -0.3 is 19.8 Å². The third-order valence-electron chi connectivity index (χ3n) is 2.56. The van der Waals surface area contributed by atoms with Gasteiger partial charge in [0.1, 0.15) is 0 Å². The number of aromatic nitrogens is 1. The standard InChI is InChI=1S/C12H10F2N2O2/c13-12(14)17-10-2-1-9(5-11(10)18-12)16-7-8-3-4-15-6-8/h1-6,15-16H,7H2. The highest BCUT2D eigenvalue weighted by molar-refractivity contribution is 5.56. The van der Waals surface area contributed by atoms with E-state index in [2.05, 4.69) is 19.8 Å². The molecule has 0 unspecified atom stereocenters. The number of H-pyrrole nitrogens is 1. The summed E-state index contributed by atoms with van der Waals surface area (Å²) in [7, 11) is 0. The minimum atomic E-state index is -3.57. The van der Waals surface area contributed by atoms with Gasteiger partial charge in [0.2, 0.25) is 0 Å². The molecule has 94 valence electrons. The Morgan fingerprint density at radius 3 is 2.78 bits per heavy atom. The lowest BCUT2D eigenvalue weighted by Gasteiger charge is -2.05. The van der Waals surface area contributed by atoms with Gasteiger partial charge in [-0.05, 0) is 23.8 Å². The molecule has 0 saturated carbocycles. The lowest BCUT2D eigenvalue weighted by Crippen LogP contribution is -2.25. The second kappa shape index (κ2) is 3.90. The summed E-state index contributed by atoms with van der Waals surface area (Å²) in [5, 5.41) is 3.10. The fraction of sp³-hybridized carbons (Fsp3) is 0.167. The predicted octanol–water partition coefficient (Wildman–Crippen LogP) is 2.95. The molecule has 0 amide bonds. The van der Waals surface area contributed by atoms with E-state index in [1.54, 1.807) is 6.07 Å². The van der Waals surface area contributed by atoms with Crippen LogP contribution in [0.15, 0.2) is 36.7 Å². The maximum absolute atomic E-state index is 12.8. The molecular formula is C12H10F2N2O2. The molecular weight excluding hydrogens is 242 g/mol. The third kappa shape index (κ3) is 2.09. The van der Waals surface area contributed by atoms with Crippen molar-refractivity contribution in [1.29, 1.82) is 0 Å². The number of hydrogen-bond donors (Lipinski definition) is 2. The number of aromatic amines is 1. The summed E-state index contributed by atoms with van der Waals surface area (Å²) < 4.78 is 34.3. The summed E-state index contributed by atoms with van der Waals surface area (Å²) in [4.78, 5) is 2.93. The van der Waals surface area contributed by atoms with Gasteiger partial charge in [-0.15, -0.1) is 8.78 Å². The minimum Gasteiger partial charge on any atom is -0.395 e. The molecule has 1 aromatic heterocycles. The van der Waals surface area contributed by atoms with E-state index >= 15 is 0 Å². The first-order valence-electron chi connectivity index (χ1n) is 5.38. The molecule has 18 heavy (non-hydrogen) atoms. The van der Waals surface area contributed by atoms with Crippen LogP contribution in [0.25, 0.3) is 0 Å². The van der Waals surface area contributed by atoms with Crippen molar-refractivity contribution in [3.63, 3.8) is 0 Å². The molecule has 2 N–H and O–H groups in total. The van der Waals surface area contributed by atoms with Gasteiger partial charge in [0, 0.05) is 30.7 Å². The molecule has 0 saturated heterocycles. The summed E-state index contributed by atoms with van der Waals surface area (Å²) >= 11 is 0. The SMILES string of the molecule is FC1(F)Oc2ccc(NCc3cc[nH]c3)cc2O1. The van der Waals surface area contributed by atoms with Gasteiger partial charge in [-0.3, -0.25) is 0 Å². The van der Waals surface area contributed by atoms with Gasteiger partial charge in [0.25, 0.3) is 0 Å². The molecule has 2 aromatic rings. The number of halogens is 2. The van der Waals surface area contributed by atoms with Crippen molar-refractivity contribution < 1.29 is 18.3 Å². The quantitative estimate of drug-likeness (QED) is 0.882. The second-order valence-electron chi connectivity index (χ2n) is 3.90. The monoisotopic (exact) mass is 252 g/mol. The van der Waals surface area contributed by atoms with Crippen LogP contribution >= 0.6 is 0 Å². The molecule has 0 atom stereocenters. The zero-order chi connectivity index (χ0) is 12.6. The first kappa shape index (κ1) is 10.9. The normalized spacial score (nSPS) is 15.7. The van der Waals surface area contributed by atoms with Gasteiger partial charge >= 0.3 is 6.29 Å². The average Bonchev–Trinajstić information content (AvgIpc) is 2.90. The Labute approximate surface area is 102 Å². The summed E-state index contributed by atoms with van der Waals surface area (Å²) in [6.07, 6.45) is 0.104. The van der Waals surface area contributed by atoms with Crippen molar-refractivity contribution in [2.45, 2.75) is 12.8 Å². The molecule has 2 heterocycles. The van der Waals surface area contributed by atoms with Gasteiger partial charge in [-0.25, -0.2) is 0 Å². The zero-order valence-electron chi connectivity index (χ0n) is 9.24. The Bertz CT molecular complexity index is 555. The molecule has 0 spiro atoms. The van der Waals surface area contributed by atoms with Gasteiger partial charge in [-0.2, -0.15) is 0 Å². The Morgan fingerprint density at radius 1 is 1.17 bits per heavy atom. The van der Waals surface area contributed by atoms with Crippen molar-refractivity contribution in [2.24, 2.45) is 0 Å². The molecule has 0 radical (unpaired) electrons. The highest BCUT2D eigenvalue weighted by Crippen LogP contribution is 2.42. The van der Waals surface area contributed by atoms with Crippen molar-refractivity contribution >= 4 is 5.69 Å². The summed E-state index contributed by atoms with van der Waals surface area (Å²) in [6, 6.07) is 6.53. The Morgan fingerprint density at radius 2 is 2.00 bits per heavy atom. The van der Waals surface area contributed by atoms with E-state index < -0.39 is 6.29 Å². The highest BCUT2D eigenvalue weighted by Gasteiger charge is 2.43. The topological polar surface area (TPSA) is 46.3 Å². The van der Waals surface area contributed by atoms with E-state index in [0.717, 1.165) is 5.56 Å². The van der Waals surface area contributed by atoms with Crippen molar-refractivity contribution in [3.05, 3.63) is 42.2 Å². The van der Waals surface area contributed by atoms with Crippen LogP contribution < -0.4 is 14.8 Å². The number of rotatable bonds is 3. The molecule has 6 heteroatoms. The van der Waals surface area contributed by atoms with Crippen molar-refractivity contribution in [1.82, 2.24) is 4.98 Å². The Balaban J connectivity index is 1.72. The van der Waals surface area contributed by atoms with Gasteiger partial charge in [0.15, 0.2) is 11.5 Å². The highest BCUT2D eigenvalue weighted by atomic mass is 19.3. The fourth-order valence-electron chi connectivity index (χ4n) is 1.73. The number of benzene rings is 1. The van der Waals surface area contributed by atoms with Crippen LogP contribution in [0.1, 0.15) is 5.56 Å². The first-order chi connectivity index (χ1) is 8.62. The fourth-order valence-corrected chi connectivity index (χ4v) is 1.73. The first-order valence-corrected chi connectivity index (χ1v) is 5.38. The number of fused-ring (bicyclic) bond motifs is 1. The van der Waals surface area contributed by atoms with Crippen LogP contribution in [0.5, 0.6) is 11.5 Å². The van der Waals surface area contributed by atoms with E-state index in [9.17, 15) is 8.78 Å². The maximum atomic E-state index is 12.8. The van der Waals surface area contributed by atoms with Gasteiger partial charge in [0.05, 0.1) is 0 Å². The van der Waals surface area contributed by atoms with E-state index in [-0.39, 0.29) is 11.5 Å². The van der Waals surface area contributed by atoms with E-state index in [1.807, 2.05) is 18.5 Å². The van der Waals surface area contributed by atoms with E-state index in [1.165, 1.54) is 12.1 Å². The third-order valence-corrected chi connectivity index (χ3v) is 2.56. The van der Waals surface area contributed by atoms with E-state index in [0.29, 0.717) is 12.2 Å². The molecule has 1 aromatic carbocycles. The summed E-state index contributed by atoms with van der Waals surface area (Å²) in [5.41, 5.74) is 1.76. The molecule has 0 bridgehead atoms. The van der Waals surface area contributed by atoms with Crippen LogP contribution in [0, 0.1) is 0 Å². The van der Waals surface area contributed by atoms with Crippen LogP contribution in [-0.4, -0.2) is 11.3 Å². The molecule has 1 aliphatic rings. The zero-order valence-corrected chi connectivity index (χ0v) is 9.24. The number of nitrogens with one attached hydrogen (secondary N) is 2. The lowest BCUT2D eigenvalue weighted by atomic mass is 10.2.